The Morgan fingerprint density at radius 2 is 1.80 bits per heavy atom. The highest BCUT2D eigenvalue weighted by Crippen LogP contribution is 2.41. The summed E-state index contributed by atoms with van der Waals surface area (Å²) in [6.07, 6.45) is 0. The summed E-state index contributed by atoms with van der Waals surface area (Å²) < 4.78 is 16.7. The Hall–Kier alpha value is -3.32. The average molecular weight is 409 g/mol. The van der Waals surface area contributed by atoms with Crippen molar-refractivity contribution in [3.05, 3.63) is 68.6 Å². The third-order valence-corrected chi connectivity index (χ3v) is 5.46. The number of aliphatic hydroxyl groups excluding tert-OH is 1. The number of hydrogen-bond acceptors (Lipinski definition) is 6. The van der Waals surface area contributed by atoms with Gasteiger partial charge in [0.15, 0.2) is 16.9 Å². The maximum atomic E-state index is 13.5. The molecule has 156 valence electrons. The molecular weight excluding hydrogens is 386 g/mol. The van der Waals surface area contributed by atoms with E-state index >= 15 is 0 Å². The van der Waals surface area contributed by atoms with E-state index in [2.05, 4.69) is 0 Å². The van der Waals surface area contributed by atoms with Crippen molar-refractivity contribution in [3.8, 4) is 11.5 Å². The number of methoxy groups -OCH3 is 2. The fourth-order valence-corrected chi connectivity index (χ4v) is 4.18. The standard InChI is InChI=1S/C23H23NO6/c1-12-9-13(2)21-15(10-12)20(26)18-19(24(7-8-25)23(27)22(18)30-21)14-5-6-16(28-3)17(11-14)29-4/h5-6,9-11,19,25H,7-8H2,1-4H3/t19-/m0/s1. The summed E-state index contributed by atoms with van der Waals surface area (Å²) in [4.78, 5) is 28.1. The largest absolute Gasteiger partial charge is 0.493 e. The highest BCUT2D eigenvalue weighted by Gasteiger charge is 2.42. The zero-order valence-corrected chi connectivity index (χ0v) is 17.3. The molecule has 0 fully saturated rings. The second-order valence-electron chi connectivity index (χ2n) is 7.37. The first kappa shape index (κ1) is 20.0. The Balaban J connectivity index is 2.01. The summed E-state index contributed by atoms with van der Waals surface area (Å²) >= 11 is 0. The monoisotopic (exact) mass is 409 g/mol. The van der Waals surface area contributed by atoms with Crippen LogP contribution in [0, 0.1) is 13.8 Å². The molecule has 2 heterocycles. The molecule has 1 N–H and O–H groups in total. The third kappa shape index (κ3) is 2.93. The molecule has 1 atom stereocenters. The Morgan fingerprint density at radius 3 is 2.47 bits per heavy atom. The lowest BCUT2D eigenvalue weighted by Gasteiger charge is -2.24. The third-order valence-electron chi connectivity index (χ3n) is 5.46. The fraction of sp³-hybridized carbons (Fsp3) is 0.304. The number of rotatable bonds is 5. The van der Waals surface area contributed by atoms with E-state index < -0.39 is 11.9 Å². The molecule has 4 rings (SSSR count). The molecule has 1 aliphatic heterocycles. The van der Waals surface area contributed by atoms with Crippen LogP contribution in [0.4, 0.5) is 0 Å². The lowest BCUT2D eigenvalue weighted by Crippen LogP contribution is -2.32. The van der Waals surface area contributed by atoms with Gasteiger partial charge >= 0.3 is 0 Å². The van der Waals surface area contributed by atoms with Crippen molar-refractivity contribution in [1.82, 2.24) is 4.90 Å². The fourth-order valence-electron chi connectivity index (χ4n) is 4.18. The molecule has 0 saturated heterocycles. The number of fused-ring (bicyclic) bond motifs is 2. The number of amides is 1. The molecule has 0 saturated carbocycles. The molecule has 7 nitrogen and oxygen atoms in total. The van der Waals surface area contributed by atoms with Crippen LogP contribution in [0.2, 0.25) is 0 Å². The predicted octanol–water partition coefficient (Wildman–Crippen LogP) is 2.96. The van der Waals surface area contributed by atoms with Crippen LogP contribution in [0.5, 0.6) is 11.5 Å². The number of carbonyl (C=O) groups excluding carboxylic acids is 1. The average Bonchev–Trinajstić information content (AvgIpc) is 3.01. The summed E-state index contributed by atoms with van der Waals surface area (Å²) in [5.74, 6) is 0.624. The van der Waals surface area contributed by atoms with Crippen molar-refractivity contribution in [1.29, 1.82) is 0 Å². The first-order valence-corrected chi connectivity index (χ1v) is 9.63. The Bertz CT molecular complexity index is 1210. The zero-order valence-electron chi connectivity index (χ0n) is 17.3. The van der Waals surface area contributed by atoms with Crippen LogP contribution in [0.1, 0.15) is 38.9 Å². The van der Waals surface area contributed by atoms with E-state index in [9.17, 15) is 14.7 Å². The second kappa shape index (κ2) is 7.50. The van der Waals surface area contributed by atoms with E-state index in [1.165, 1.54) is 19.1 Å². The molecule has 1 aromatic heterocycles. The first-order chi connectivity index (χ1) is 14.4. The quantitative estimate of drug-likeness (QED) is 0.697. The van der Waals surface area contributed by atoms with Gasteiger partial charge in [-0.3, -0.25) is 9.59 Å². The molecule has 30 heavy (non-hydrogen) atoms. The molecule has 0 spiro atoms. The maximum absolute atomic E-state index is 13.5. The topological polar surface area (TPSA) is 89.2 Å². The number of aliphatic hydroxyl groups is 1. The van der Waals surface area contributed by atoms with Gasteiger partial charge < -0.3 is 23.9 Å². The number of nitrogens with zero attached hydrogens (tertiary/aromatic N) is 1. The lowest BCUT2D eigenvalue weighted by molar-refractivity contribution is 0.0691. The predicted molar refractivity (Wildman–Crippen MR) is 111 cm³/mol. The van der Waals surface area contributed by atoms with Crippen LogP contribution in [-0.2, 0) is 0 Å². The highest BCUT2D eigenvalue weighted by molar-refractivity contribution is 5.99. The van der Waals surface area contributed by atoms with Gasteiger partial charge in [0.1, 0.15) is 5.58 Å². The van der Waals surface area contributed by atoms with Crippen molar-refractivity contribution in [2.24, 2.45) is 0 Å². The number of carbonyl (C=O) groups is 1. The van der Waals surface area contributed by atoms with Crippen LogP contribution < -0.4 is 14.9 Å². The van der Waals surface area contributed by atoms with E-state index in [0.717, 1.165) is 11.1 Å². The van der Waals surface area contributed by atoms with E-state index in [4.69, 9.17) is 13.9 Å². The number of benzene rings is 2. The molecular formula is C23H23NO6. The van der Waals surface area contributed by atoms with Crippen LogP contribution in [0.15, 0.2) is 39.5 Å². The van der Waals surface area contributed by atoms with Gasteiger partial charge in [-0.15, -0.1) is 0 Å². The maximum Gasteiger partial charge on any atom is 0.290 e. The molecule has 7 heteroatoms. The smallest absolute Gasteiger partial charge is 0.290 e. The SMILES string of the molecule is COc1ccc([C@H]2c3c(oc4c(C)cc(C)cc4c3=O)C(=O)N2CCO)cc1OC. The van der Waals surface area contributed by atoms with Crippen molar-refractivity contribution in [2.75, 3.05) is 27.4 Å². The molecule has 3 aromatic rings. The zero-order chi connectivity index (χ0) is 21.6. The highest BCUT2D eigenvalue weighted by atomic mass is 16.5. The van der Waals surface area contributed by atoms with Crippen molar-refractivity contribution >= 4 is 16.9 Å². The molecule has 1 amide bonds. The minimum atomic E-state index is -0.694. The van der Waals surface area contributed by atoms with Crippen molar-refractivity contribution in [2.45, 2.75) is 19.9 Å². The summed E-state index contributed by atoms with van der Waals surface area (Å²) in [5, 5.41) is 10.0. The van der Waals surface area contributed by atoms with Crippen molar-refractivity contribution < 1.29 is 23.8 Å². The lowest BCUT2D eigenvalue weighted by atomic mass is 9.97. The van der Waals surface area contributed by atoms with Crippen molar-refractivity contribution in [3.63, 3.8) is 0 Å². The van der Waals surface area contributed by atoms with Crippen LogP contribution in [0.25, 0.3) is 11.0 Å². The van der Waals surface area contributed by atoms with Gasteiger partial charge in [0.25, 0.3) is 5.91 Å². The van der Waals surface area contributed by atoms with Gasteiger partial charge in [-0.25, -0.2) is 0 Å². The molecule has 2 aromatic carbocycles. The Kier molecular flexibility index (Phi) is 4.99. The molecule has 0 radical (unpaired) electrons. The summed E-state index contributed by atoms with van der Waals surface area (Å²) in [7, 11) is 3.06. The second-order valence-corrected chi connectivity index (χ2v) is 7.37. The van der Waals surface area contributed by atoms with E-state index in [-0.39, 0.29) is 29.9 Å². The van der Waals surface area contributed by atoms with Gasteiger partial charge in [-0.2, -0.15) is 0 Å². The normalized spacial score (nSPS) is 15.6. The van der Waals surface area contributed by atoms with E-state index in [1.54, 1.807) is 24.3 Å². The van der Waals surface area contributed by atoms with Gasteiger partial charge in [-0.1, -0.05) is 12.1 Å². The van der Waals surface area contributed by atoms with E-state index in [0.29, 0.717) is 28.0 Å². The van der Waals surface area contributed by atoms with E-state index in [1.807, 2.05) is 19.9 Å². The van der Waals surface area contributed by atoms with Gasteiger partial charge in [0.2, 0.25) is 5.76 Å². The molecule has 0 bridgehead atoms. The Morgan fingerprint density at radius 1 is 1.07 bits per heavy atom. The van der Waals surface area contributed by atoms with Gasteiger partial charge in [0, 0.05) is 6.54 Å². The number of aryl methyl sites for hydroxylation is 2. The summed E-state index contributed by atoms with van der Waals surface area (Å²) in [5.41, 5.74) is 2.84. The molecule has 1 aliphatic rings. The Labute approximate surface area is 173 Å². The number of hydrogen-bond donors (Lipinski definition) is 1. The van der Waals surface area contributed by atoms with Crippen LogP contribution in [0.3, 0.4) is 0 Å². The van der Waals surface area contributed by atoms with Gasteiger partial charge in [0.05, 0.1) is 37.8 Å². The summed E-state index contributed by atoms with van der Waals surface area (Å²) in [6.45, 7) is 3.58. The molecule has 0 aliphatic carbocycles. The minimum absolute atomic E-state index is 0.0210. The number of β-amino-alcohol motifs (C(OH)–C–C–N with tert-alkyl or cyclic N) is 1. The van der Waals surface area contributed by atoms with Gasteiger partial charge in [-0.05, 0) is 48.7 Å². The van der Waals surface area contributed by atoms with Crippen LogP contribution >= 0.6 is 0 Å². The summed E-state index contributed by atoms with van der Waals surface area (Å²) in [6, 6.07) is 8.24. The molecule has 0 unspecified atom stereocenters. The van der Waals surface area contributed by atoms with Crippen LogP contribution in [-0.4, -0.2) is 43.3 Å². The minimum Gasteiger partial charge on any atom is -0.493 e. The number of ether oxygens (including phenoxy) is 2. The first-order valence-electron chi connectivity index (χ1n) is 9.63.